The van der Waals surface area contributed by atoms with Crippen molar-refractivity contribution in [3.63, 3.8) is 0 Å². The van der Waals surface area contributed by atoms with E-state index in [1.54, 1.807) is 11.2 Å². The van der Waals surface area contributed by atoms with Crippen molar-refractivity contribution in [2.75, 3.05) is 31.1 Å². The smallest absolute Gasteiger partial charge is 0.283 e. The van der Waals surface area contributed by atoms with Gasteiger partial charge < -0.3 is 9.88 Å². The zero-order chi connectivity index (χ0) is 20.6. The van der Waals surface area contributed by atoms with Crippen LogP contribution in [0.2, 0.25) is 0 Å². The molecule has 2 fully saturated rings. The predicted octanol–water partition coefficient (Wildman–Crippen LogP) is 1.87. The molecule has 1 saturated carbocycles. The number of fused-ring (bicyclic) bond motifs is 1. The van der Waals surface area contributed by atoms with Gasteiger partial charge in [-0.2, -0.15) is 22.3 Å². The van der Waals surface area contributed by atoms with Crippen LogP contribution in [0.4, 0.5) is 5.82 Å². The van der Waals surface area contributed by atoms with Crippen LogP contribution in [-0.4, -0.2) is 69.7 Å². The number of nitrogens with one attached hydrogen (secondary N) is 1. The number of hydrogen-bond acceptors (Lipinski definition) is 6. The lowest BCUT2D eigenvalue weighted by Crippen LogP contribution is -2.61. The van der Waals surface area contributed by atoms with E-state index in [-0.39, 0.29) is 0 Å². The van der Waals surface area contributed by atoms with Crippen LogP contribution in [0.5, 0.6) is 0 Å². The molecule has 9 nitrogen and oxygen atoms in total. The van der Waals surface area contributed by atoms with E-state index in [0.717, 1.165) is 36.1 Å². The minimum absolute atomic E-state index is 0.298. The Morgan fingerprint density at radius 2 is 2.14 bits per heavy atom. The van der Waals surface area contributed by atoms with Gasteiger partial charge in [-0.1, -0.05) is 20.3 Å². The van der Waals surface area contributed by atoms with Gasteiger partial charge in [0.15, 0.2) is 0 Å². The van der Waals surface area contributed by atoms with Crippen molar-refractivity contribution in [1.29, 1.82) is 5.26 Å². The van der Waals surface area contributed by atoms with Gasteiger partial charge in [0.25, 0.3) is 10.2 Å². The van der Waals surface area contributed by atoms with E-state index < -0.39 is 21.8 Å². The summed E-state index contributed by atoms with van der Waals surface area (Å²) in [4.78, 5) is 14.0. The second kappa shape index (κ2) is 7.55. The van der Waals surface area contributed by atoms with Gasteiger partial charge in [0.2, 0.25) is 0 Å². The molecule has 2 aromatic rings. The quantitative estimate of drug-likeness (QED) is 0.737. The second-order valence-electron chi connectivity index (χ2n) is 7.80. The largest absolute Gasteiger partial charge is 0.353 e. The van der Waals surface area contributed by atoms with Gasteiger partial charge in [0, 0.05) is 32.4 Å². The molecule has 10 heteroatoms. The molecule has 3 heterocycles. The number of H-pyrrole nitrogens is 1. The molecule has 1 N–H and O–H groups in total. The summed E-state index contributed by atoms with van der Waals surface area (Å²) in [6.45, 7) is 5.62. The average Bonchev–Trinajstić information content (AvgIpc) is 3.28. The van der Waals surface area contributed by atoms with Crippen LogP contribution in [0.25, 0.3) is 11.0 Å². The SMILES string of the molecule is CCCC(C#N)N(CC)S(=O)(=O)N1CCN(c2ncnc3[nH]ccc23)CC12CC2. The maximum atomic E-state index is 13.5. The fourth-order valence-electron chi connectivity index (χ4n) is 4.38. The highest BCUT2D eigenvalue weighted by molar-refractivity contribution is 7.86. The van der Waals surface area contributed by atoms with E-state index in [1.165, 1.54) is 10.6 Å². The molecule has 0 bridgehead atoms. The summed E-state index contributed by atoms with van der Waals surface area (Å²) in [5.74, 6) is 0.841. The Labute approximate surface area is 171 Å². The van der Waals surface area contributed by atoms with E-state index in [0.29, 0.717) is 32.6 Å². The Morgan fingerprint density at radius 1 is 1.34 bits per heavy atom. The second-order valence-corrected chi connectivity index (χ2v) is 9.61. The summed E-state index contributed by atoms with van der Waals surface area (Å²) in [5, 5.41) is 10.5. The van der Waals surface area contributed by atoms with E-state index in [9.17, 15) is 13.7 Å². The fraction of sp³-hybridized carbons (Fsp3) is 0.632. The van der Waals surface area contributed by atoms with Crippen LogP contribution in [-0.2, 0) is 10.2 Å². The van der Waals surface area contributed by atoms with Crippen molar-refractivity contribution < 1.29 is 8.42 Å². The predicted molar refractivity (Wildman–Crippen MR) is 110 cm³/mol. The number of hydrogen-bond donors (Lipinski definition) is 1. The van der Waals surface area contributed by atoms with Crippen LogP contribution in [0.15, 0.2) is 18.6 Å². The van der Waals surface area contributed by atoms with Gasteiger partial charge >= 0.3 is 0 Å². The average molecular weight is 418 g/mol. The zero-order valence-electron chi connectivity index (χ0n) is 16.9. The number of aromatic nitrogens is 3. The monoisotopic (exact) mass is 417 g/mol. The minimum atomic E-state index is -3.71. The molecule has 1 atom stereocenters. The minimum Gasteiger partial charge on any atom is -0.353 e. The molecule has 1 spiro atoms. The molecule has 0 amide bonds. The summed E-state index contributed by atoms with van der Waals surface area (Å²) >= 11 is 0. The first-order valence-electron chi connectivity index (χ1n) is 10.2. The van der Waals surface area contributed by atoms with Gasteiger partial charge in [-0.15, -0.1) is 0 Å². The molecule has 0 radical (unpaired) electrons. The number of anilines is 1. The number of nitriles is 1. The Hall–Kier alpha value is -2.22. The highest BCUT2D eigenvalue weighted by Gasteiger charge is 2.57. The highest BCUT2D eigenvalue weighted by Crippen LogP contribution is 2.47. The first kappa shape index (κ1) is 20.1. The van der Waals surface area contributed by atoms with E-state index >= 15 is 0 Å². The lowest BCUT2D eigenvalue weighted by molar-refractivity contribution is 0.237. The molecule has 2 aromatic heterocycles. The van der Waals surface area contributed by atoms with Crippen molar-refractivity contribution >= 4 is 27.1 Å². The third kappa shape index (κ3) is 3.37. The molecule has 1 aliphatic heterocycles. The number of aromatic amines is 1. The summed E-state index contributed by atoms with van der Waals surface area (Å²) in [7, 11) is -3.71. The van der Waals surface area contributed by atoms with Crippen LogP contribution < -0.4 is 4.90 Å². The molecule has 1 unspecified atom stereocenters. The lowest BCUT2D eigenvalue weighted by Gasteiger charge is -2.44. The van der Waals surface area contributed by atoms with Crippen LogP contribution in [0, 0.1) is 11.3 Å². The lowest BCUT2D eigenvalue weighted by atomic mass is 10.2. The normalized spacial score (nSPS) is 20.3. The topological polar surface area (TPSA) is 109 Å². The van der Waals surface area contributed by atoms with Gasteiger partial charge in [0.1, 0.15) is 23.8 Å². The molecule has 1 saturated heterocycles. The third-order valence-corrected chi connectivity index (χ3v) is 8.22. The van der Waals surface area contributed by atoms with Gasteiger partial charge in [-0.3, -0.25) is 0 Å². The Morgan fingerprint density at radius 3 is 2.79 bits per heavy atom. The highest BCUT2D eigenvalue weighted by atomic mass is 32.2. The fourth-order valence-corrected chi connectivity index (χ4v) is 6.48. The van der Waals surface area contributed by atoms with Crippen molar-refractivity contribution in [2.45, 2.75) is 51.1 Å². The number of rotatable bonds is 7. The Balaban J connectivity index is 1.60. The van der Waals surface area contributed by atoms with Gasteiger partial charge in [-0.05, 0) is 25.3 Å². The van der Waals surface area contributed by atoms with E-state index in [2.05, 4.69) is 25.9 Å². The van der Waals surface area contributed by atoms with Crippen molar-refractivity contribution in [2.24, 2.45) is 0 Å². The van der Waals surface area contributed by atoms with Crippen LogP contribution in [0.3, 0.4) is 0 Å². The summed E-state index contributed by atoms with van der Waals surface area (Å²) in [5.41, 5.74) is 0.369. The summed E-state index contributed by atoms with van der Waals surface area (Å²) in [6.07, 6.45) is 6.34. The van der Waals surface area contributed by atoms with Crippen molar-refractivity contribution in [3.05, 3.63) is 18.6 Å². The van der Waals surface area contributed by atoms with Crippen LogP contribution in [0.1, 0.15) is 39.5 Å². The van der Waals surface area contributed by atoms with E-state index in [4.69, 9.17) is 0 Å². The molecular weight excluding hydrogens is 390 g/mol. The molecule has 4 rings (SSSR count). The molecule has 29 heavy (non-hydrogen) atoms. The Kier molecular flexibility index (Phi) is 5.23. The molecular formula is C19H27N7O2S. The molecule has 1 aliphatic carbocycles. The summed E-state index contributed by atoms with van der Waals surface area (Å²) in [6, 6.07) is 3.52. The summed E-state index contributed by atoms with van der Waals surface area (Å²) < 4.78 is 30.1. The Bertz CT molecular complexity index is 1020. The first-order chi connectivity index (χ1) is 14.0. The molecule has 0 aromatic carbocycles. The van der Waals surface area contributed by atoms with Gasteiger partial charge in [-0.25, -0.2) is 9.97 Å². The maximum absolute atomic E-state index is 13.5. The van der Waals surface area contributed by atoms with Crippen molar-refractivity contribution in [1.82, 2.24) is 23.6 Å². The number of piperazine rings is 1. The molecule has 156 valence electrons. The standard InChI is InChI=1S/C19H27N7O2S/c1-3-5-15(12-20)25(4-2)29(27,28)26-11-10-24(13-19(26)7-8-19)18-16-6-9-21-17(16)22-14-23-18/h6,9,14-15H,3-5,7-8,10-11,13H2,1-2H3,(H,21,22,23). The zero-order valence-corrected chi connectivity index (χ0v) is 17.7. The molecule has 2 aliphatic rings. The van der Waals surface area contributed by atoms with Crippen LogP contribution >= 0.6 is 0 Å². The van der Waals surface area contributed by atoms with E-state index in [1.807, 2.05) is 19.2 Å². The number of nitrogens with zero attached hydrogens (tertiary/aromatic N) is 6. The van der Waals surface area contributed by atoms with Gasteiger partial charge in [0.05, 0.1) is 17.0 Å². The van der Waals surface area contributed by atoms with Crippen molar-refractivity contribution in [3.8, 4) is 6.07 Å². The first-order valence-corrected chi connectivity index (χ1v) is 11.6. The maximum Gasteiger partial charge on any atom is 0.283 e. The third-order valence-electron chi connectivity index (χ3n) is 5.99.